The van der Waals surface area contributed by atoms with Gasteiger partial charge in [-0.1, -0.05) is 17.8 Å². The third-order valence-electron chi connectivity index (χ3n) is 4.87. The van der Waals surface area contributed by atoms with Gasteiger partial charge in [0.15, 0.2) is 5.78 Å². The van der Waals surface area contributed by atoms with Crippen molar-refractivity contribution in [1.82, 2.24) is 13.9 Å². The molecule has 30 heavy (non-hydrogen) atoms. The first-order chi connectivity index (χ1) is 14.2. The van der Waals surface area contributed by atoms with Crippen molar-refractivity contribution in [3.63, 3.8) is 0 Å². The van der Waals surface area contributed by atoms with Gasteiger partial charge < -0.3 is 4.57 Å². The van der Waals surface area contributed by atoms with E-state index in [-0.39, 0.29) is 16.4 Å². The van der Waals surface area contributed by atoms with Crippen LogP contribution >= 0.6 is 23.1 Å². The van der Waals surface area contributed by atoms with Crippen molar-refractivity contribution in [3.8, 4) is 0 Å². The van der Waals surface area contributed by atoms with Crippen LogP contribution in [0.2, 0.25) is 0 Å². The highest BCUT2D eigenvalue weighted by Crippen LogP contribution is 2.23. The van der Waals surface area contributed by atoms with Crippen LogP contribution in [0.1, 0.15) is 26.6 Å². The van der Waals surface area contributed by atoms with Gasteiger partial charge in [-0.05, 0) is 49.9 Å². The smallest absolute Gasteiger partial charge is 0.244 e. The first-order valence-corrected chi connectivity index (χ1v) is 12.7. The van der Waals surface area contributed by atoms with Gasteiger partial charge in [0.25, 0.3) is 0 Å². The van der Waals surface area contributed by atoms with E-state index in [0.717, 1.165) is 34.2 Å². The van der Waals surface area contributed by atoms with Crippen molar-refractivity contribution >= 4 is 38.9 Å². The lowest BCUT2D eigenvalue weighted by Crippen LogP contribution is -2.22. The number of nitrogens with zero attached hydrogens (tertiary/aromatic N) is 3. The van der Waals surface area contributed by atoms with Crippen molar-refractivity contribution in [2.45, 2.75) is 36.7 Å². The summed E-state index contributed by atoms with van der Waals surface area (Å²) in [5, 5.41) is 2.69. The molecule has 0 aliphatic carbocycles. The SMILES string of the molecule is Cc1cc(C(=O)CSc2ccc(S(=O)(=O)N(C)C)cn2)c(C)n1CCc1cccs1. The molecular weight excluding hydrogens is 438 g/mol. The Hall–Kier alpha value is -1.94. The molecule has 0 aliphatic rings. The van der Waals surface area contributed by atoms with Crippen LogP contribution in [-0.2, 0) is 23.0 Å². The second kappa shape index (κ2) is 9.47. The topological polar surface area (TPSA) is 72.3 Å². The average Bonchev–Trinajstić information content (AvgIpc) is 3.33. The Morgan fingerprint density at radius 3 is 2.60 bits per heavy atom. The van der Waals surface area contributed by atoms with Gasteiger partial charge in [-0.2, -0.15) is 0 Å². The van der Waals surface area contributed by atoms with Gasteiger partial charge in [0.05, 0.1) is 10.8 Å². The van der Waals surface area contributed by atoms with E-state index in [1.807, 2.05) is 19.9 Å². The fourth-order valence-corrected chi connectivity index (χ4v) is 5.41. The van der Waals surface area contributed by atoms with Gasteiger partial charge in [-0.25, -0.2) is 17.7 Å². The summed E-state index contributed by atoms with van der Waals surface area (Å²) in [5.41, 5.74) is 2.79. The molecule has 0 atom stereocenters. The molecule has 160 valence electrons. The minimum atomic E-state index is -3.50. The highest BCUT2D eigenvalue weighted by atomic mass is 32.2. The molecule has 0 bridgehead atoms. The number of carbonyl (C=O) groups excluding carboxylic acids is 1. The molecule has 0 aromatic carbocycles. The number of rotatable bonds is 9. The summed E-state index contributed by atoms with van der Waals surface area (Å²) >= 11 is 3.06. The largest absolute Gasteiger partial charge is 0.348 e. The Labute approximate surface area is 186 Å². The summed E-state index contributed by atoms with van der Waals surface area (Å²) in [6.45, 7) is 4.86. The predicted molar refractivity (Wildman–Crippen MR) is 122 cm³/mol. The summed E-state index contributed by atoms with van der Waals surface area (Å²) < 4.78 is 27.6. The van der Waals surface area contributed by atoms with Crippen LogP contribution < -0.4 is 0 Å². The fourth-order valence-electron chi connectivity index (χ4n) is 3.14. The highest BCUT2D eigenvalue weighted by Gasteiger charge is 2.19. The zero-order valence-corrected chi connectivity index (χ0v) is 19.9. The molecule has 3 aromatic heterocycles. The average molecular weight is 464 g/mol. The van der Waals surface area contributed by atoms with Crippen molar-refractivity contribution in [2.24, 2.45) is 0 Å². The molecular formula is C21H25N3O3S3. The maximum absolute atomic E-state index is 12.8. The van der Waals surface area contributed by atoms with Gasteiger partial charge in [0, 0.05) is 48.7 Å². The summed E-state index contributed by atoms with van der Waals surface area (Å²) in [5.74, 6) is 0.296. The van der Waals surface area contributed by atoms with Gasteiger partial charge in [0.2, 0.25) is 10.0 Å². The maximum Gasteiger partial charge on any atom is 0.244 e. The van der Waals surface area contributed by atoms with Gasteiger partial charge >= 0.3 is 0 Å². The molecule has 3 rings (SSSR count). The van der Waals surface area contributed by atoms with Crippen molar-refractivity contribution in [1.29, 1.82) is 0 Å². The van der Waals surface area contributed by atoms with E-state index in [4.69, 9.17) is 0 Å². The number of aryl methyl sites for hydroxylation is 2. The molecule has 3 aromatic rings. The molecule has 0 saturated heterocycles. The molecule has 0 spiro atoms. The van der Waals surface area contributed by atoms with Gasteiger partial charge in [0.1, 0.15) is 4.90 Å². The zero-order chi connectivity index (χ0) is 21.9. The summed E-state index contributed by atoms with van der Waals surface area (Å²) in [6.07, 6.45) is 2.28. The third-order valence-corrected chi connectivity index (χ3v) is 8.55. The molecule has 0 fully saturated rings. The molecule has 0 N–H and O–H groups in total. The Morgan fingerprint density at radius 1 is 1.23 bits per heavy atom. The minimum absolute atomic E-state index is 0.0438. The zero-order valence-electron chi connectivity index (χ0n) is 17.5. The standard InChI is InChI=1S/C21H25N3O3S3/c1-15-12-19(16(2)24(15)10-9-17-6-5-11-28-17)20(25)14-29-21-8-7-18(13-22-21)30(26,27)23(3)4/h5-8,11-13H,9-10,14H2,1-4H3. The Bertz CT molecular complexity index is 1120. The maximum atomic E-state index is 12.8. The van der Waals surface area contributed by atoms with Crippen LogP contribution in [0.15, 0.2) is 51.8 Å². The van der Waals surface area contributed by atoms with Gasteiger partial charge in [-0.3, -0.25) is 4.79 Å². The van der Waals surface area contributed by atoms with E-state index in [2.05, 4.69) is 27.1 Å². The van der Waals surface area contributed by atoms with Crippen LogP contribution in [0, 0.1) is 13.8 Å². The molecule has 3 heterocycles. The lowest BCUT2D eigenvalue weighted by molar-refractivity contribution is 0.102. The number of pyridine rings is 1. The summed E-state index contributed by atoms with van der Waals surface area (Å²) in [6, 6.07) is 9.29. The first-order valence-electron chi connectivity index (χ1n) is 9.44. The number of ketones is 1. The Kier molecular flexibility index (Phi) is 7.18. The third kappa shape index (κ3) is 5.03. The van der Waals surface area contributed by atoms with E-state index < -0.39 is 10.0 Å². The van der Waals surface area contributed by atoms with Crippen LogP contribution in [-0.4, -0.2) is 47.9 Å². The van der Waals surface area contributed by atoms with Crippen molar-refractivity contribution in [2.75, 3.05) is 19.8 Å². The monoisotopic (exact) mass is 463 g/mol. The predicted octanol–water partition coefficient (Wildman–Crippen LogP) is 4.03. The second-order valence-electron chi connectivity index (χ2n) is 7.10. The molecule has 0 radical (unpaired) electrons. The summed E-state index contributed by atoms with van der Waals surface area (Å²) in [7, 11) is -0.545. The Morgan fingerprint density at radius 2 is 2.00 bits per heavy atom. The normalized spacial score (nSPS) is 11.9. The molecule has 6 nitrogen and oxygen atoms in total. The second-order valence-corrected chi connectivity index (χ2v) is 11.3. The van der Waals surface area contributed by atoms with Crippen molar-refractivity contribution in [3.05, 3.63) is 63.7 Å². The van der Waals surface area contributed by atoms with E-state index in [1.165, 1.54) is 43.0 Å². The quantitative estimate of drug-likeness (QED) is 0.354. The van der Waals surface area contributed by atoms with Crippen LogP contribution in [0.3, 0.4) is 0 Å². The molecule has 9 heteroatoms. The van der Waals surface area contributed by atoms with Gasteiger partial charge in [-0.15, -0.1) is 11.3 Å². The number of carbonyl (C=O) groups is 1. The van der Waals surface area contributed by atoms with E-state index in [9.17, 15) is 13.2 Å². The lowest BCUT2D eigenvalue weighted by Gasteiger charge is -2.11. The number of aromatic nitrogens is 2. The van der Waals surface area contributed by atoms with Crippen molar-refractivity contribution < 1.29 is 13.2 Å². The number of sulfonamides is 1. The lowest BCUT2D eigenvalue weighted by atomic mass is 10.2. The number of thioether (sulfide) groups is 1. The molecule has 0 aliphatic heterocycles. The number of hydrogen-bond donors (Lipinski definition) is 0. The highest BCUT2D eigenvalue weighted by molar-refractivity contribution is 7.99. The van der Waals surface area contributed by atoms with Crippen LogP contribution in [0.25, 0.3) is 0 Å². The Balaban J connectivity index is 1.64. The summed E-state index contributed by atoms with van der Waals surface area (Å²) in [4.78, 5) is 18.5. The van der Waals surface area contributed by atoms with E-state index in [1.54, 1.807) is 17.4 Å². The van der Waals surface area contributed by atoms with Crippen LogP contribution in [0.4, 0.5) is 0 Å². The van der Waals surface area contributed by atoms with E-state index in [0.29, 0.717) is 5.03 Å². The number of thiophene rings is 1. The molecule has 0 amide bonds. The fraction of sp³-hybridized carbons (Fsp3) is 0.333. The molecule has 0 unspecified atom stereocenters. The molecule has 0 saturated carbocycles. The number of Topliss-reactive ketones (excluding diaryl/α,β-unsaturated/α-hetero) is 1. The first kappa shape index (κ1) is 22.7. The minimum Gasteiger partial charge on any atom is -0.348 e. The van der Waals surface area contributed by atoms with E-state index >= 15 is 0 Å². The van der Waals surface area contributed by atoms with Crippen LogP contribution in [0.5, 0.6) is 0 Å². The number of hydrogen-bond acceptors (Lipinski definition) is 6.